The van der Waals surface area contributed by atoms with Crippen molar-refractivity contribution in [2.75, 3.05) is 6.54 Å². The summed E-state index contributed by atoms with van der Waals surface area (Å²) in [7, 11) is 0. The highest BCUT2D eigenvalue weighted by Crippen LogP contribution is 2.28. The van der Waals surface area contributed by atoms with Crippen LogP contribution in [0.2, 0.25) is 0 Å². The summed E-state index contributed by atoms with van der Waals surface area (Å²) in [6.07, 6.45) is 4.44. The molecule has 0 bridgehead atoms. The fraction of sp³-hybridized carbons (Fsp3) is 0.611. The first kappa shape index (κ1) is 19.0. The highest BCUT2D eigenvalue weighted by molar-refractivity contribution is 6.08. The van der Waals surface area contributed by atoms with Gasteiger partial charge in [0.15, 0.2) is 5.54 Å². The van der Waals surface area contributed by atoms with Gasteiger partial charge in [0.05, 0.1) is 6.26 Å². The monoisotopic (exact) mass is 349 g/mol. The van der Waals surface area contributed by atoms with E-state index in [2.05, 4.69) is 24.5 Å². The molecular weight excluding hydrogens is 322 g/mol. The average Bonchev–Trinajstić information content (AvgIpc) is 3.11. The summed E-state index contributed by atoms with van der Waals surface area (Å²) in [5, 5.41) is 5.45. The number of nitrogens with one attached hydrogen (secondary N) is 2. The Morgan fingerprint density at radius 2 is 2.04 bits per heavy atom. The van der Waals surface area contributed by atoms with E-state index in [0.717, 1.165) is 24.2 Å². The molecule has 1 aliphatic rings. The molecule has 2 atom stereocenters. The van der Waals surface area contributed by atoms with Crippen LogP contribution in [0.25, 0.3) is 0 Å². The number of hydrogen-bond donors (Lipinski definition) is 2. The lowest BCUT2D eigenvalue weighted by Crippen LogP contribution is -2.44. The number of furan rings is 1. The van der Waals surface area contributed by atoms with E-state index in [1.807, 2.05) is 6.92 Å². The van der Waals surface area contributed by atoms with Crippen LogP contribution in [0.1, 0.15) is 52.7 Å². The highest BCUT2D eigenvalue weighted by Gasteiger charge is 2.51. The zero-order chi connectivity index (χ0) is 18.6. The van der Waals surface area contributed by atoms with Crippen molar-refractivity contribution in [2.45, 2.75) is 58.5 Å². The lowest BCUT2D eigenvalue weighted by atomic mass is 9.99. The zero-order valence-corrected chi connectivity index (χ0v) is 15.3. The third-order valence-corrected chi connectivity index (χ3v) is 4.42. The number of carbonyl (C=O) groups excluding carboxylic acids is 3. The molecular formula is C18H27N3O4. The molecule has 0 aliphatic carbocycles. The summed E-state index contributed by atoms with van der Waals surface area (Å²) in [5.74, 6) is 0.142. The minimum absolute atomic E-state index is 0.00322. The molecule has 2 N–H and O–H groups in total. The zero-order valence-electron chi connectivity index (χ0n) is 15.3. The molecule has 7 heteroatoms. The third kappa shape index (κ3) is 4.41. The Balaban J connectivity index is 1.90. The summed E-state index contributed by atoms with van der Waals surface area (Å²) in [4.78, 5) is 37.9. The highest BCUT2D eigenvalue weighted by atomic mass is 16.3. The molecule has 0 aromatic carbocycles. The van der Waals surface area contributed by atoms with Crippen LogP contribution in [0.3, 0.4) is 0 Å². The molecule has 2 rings (SSSR count). The summed E-state index contributed by atoms with van der Waals surface area (Å²) in [6, 6.07) is 2.68. The summed E-state index contributed by atoms with van der Waals surface area (Å²) < 4.78 is 5.26. The number of urea groups is 1. The summed E-state index contributed by atoms with van der Waals surface area (Å²) in [5.41, 5.74) is -1.27. The number of hydrogen-bond acceptors (Lipinski definition) is 4. The van der Waals surface area contributed by atoms with Gasteiger partial charge in [-0.3, -0.25) is 14.5 Å². The number of imide groups is 1. The summed E-state index contributed by atoms with van der Waals surface area (Å²) >= 11 is 0. The quantitative estimate of drug-likeness (QED) is 0.705. The Morgan fingerprint density at radius 1 is 1.32 bits per heavy atom. The molecule has 1 aromatic rings. The van der Waals surface area contributed by atoms with E-state index in [0.29, 0.717) is 11.7 Å². The second kappa shape index (κ2) is 7.72. The van der Waals surface area contributed by atoms with Gasteiger partial charge in [-0.2, -0.15) is 0 Å². The maximum Gasteiger partial charge on any atom is 0.325 e. The van der Waals surface area contributed by atoms with Gasteiger partial charge in [-0.05, 0) is 38.3 Å². The van der Waals surface area contributed by atoms with Crippen LogP contribution in [0.15, 0.2) is 22.8 Å². The van der Waals surface area contributed by atoms with Crippen LogP contribution in [0.5, 0.6) is 0 Å². The molecule has 4 amide bonds. The van der Waals surface area contributed by atoms with Crippen molar-refractivity contribution in [3.63, 3.8) is 0 Å². The van der Waals surface area contributed by atoms with E-state index in [4.69, 9.17) is 4.42 Å². The van der Waals surface area contributed by atoms with E-state index in [-0.39, 0.29) is 18.5 Å². The average molecular weight is 349 g/mol. The maximum atomic E-state index is 12.6. The lowest BCUT2D eigenvalue weighted by molar-refractivity contribution is -0.135. The predicted molar refractivity (Wildman–Crippen MR) is 92.6 cm³/mol. The minimum Gasteiger partial charge on any atom is -0.466 e. The predicted octanol–water partition coefficient (Wildman–Crippen LogP) is 2.38. The number of nitrogens with zero attached hydrogens (tertiary/aromatic N) is 1. The fourth-order valence-corrected chi connectivity index (χ4v) is 2.94. The molecule has 1 fully saturated rings. The van der Waals surface area contributed by atoms with Crippen LogP contribution in [-0.4, -0.2) is 35.3 Å². The van der Waals surface area contributed by atoms with E-state index in [1.165, 1.54) is 6.26 Å². The van der Waals surface area contributed by atoms with Crippen molar-refractivity contribution in [2.24, 2.45) is 5.92 Å². The number of carbonyl (C=O) groups is 3. The minimum atomic E-state index is -1.27. The molecule has 0 spiro atoms. The van der Waals surface area contributed by atoms with Gasteiger partial charge in [-0.15, -0.1) is 0 Å². The van der Waals surface area contributed by atoms with Gasteiger partial charge in [-0.1, -0.05) is 26.7 Å². The van der Waals surface area contributed by atoms with Crippen LogP contribution < -0.4 is 10.6 Å². The first-order chi connectivity index (χ1) is 11.7. The third-order valence-electron chi connectivity index (χ3n) is 4.42. The van der Waals surface area contributed by atoms with E-state index < -0.39 is 17.5 Å². The van der Waals surface area contributed by atoms with E-state index >= 15 is 0 Å². The molecule has 25 heavy (non-hydrogen) atoms. The van der Waals surface area contributed by atoms with E-state index in [1.54, 1.807) is 19.1 Å². The van der Waals surface area contributed by atoms with Crippen LogP contribution in [0.4, 0.5) is 4.79 Å². The van der Waals surface area contributed by atoms with Gasteiger partial charge >= 0.3 is 6.03 Å². The van der Waals surface area contributed by atoms with Crippen molar-refractivity contribution in [1.29, 1.82) is 0 Å². The first-order valence-electron chi connectivity index (χ1n) is 8.71. The largest absolute Gasteiger partial charge is 0.466 e. The van der Waals surface area contributed by atoms with Crippen molar-refractivity contribution >= 4 is 17.8 Å². The van der Waals surface area contributed by atoms with E-state index in [9.17, 15) is 14.4 Å². The van der Waals surface area contributed by atoms with Crippen LogP contribution >= 0.6 is 0 Å². The Labute approximate surface area is 148 Å². The van der Waals surface area contributed by atoms with Crippen LogP contribution in [-0.2, 0) is 15.1 Å². The van der Waals surface area contributed by atoms with Crippen molar-refractivity contribution in [3.05, 3.63) is 24.2 Å². The lowest BCUT2D eigenvalue weighted by Gasteiger charge is -2.19. The van der Waals surface area contributed by atoms with Gasteiger partial charge < -0.3 is 15.1 Å². The van der Waals surface area contributed by atoms with Crippen molar-refractivity contribution in [3.8, 4) is 0 Å². The molecule has 7 nitrogen and oxygen atoms in total. The maximum absolute atomic E-state index is 12.6. The van der Waals surface area contributed by atoms with Gasteiger partial charge in [0.2, 0.25) is 5.91 Å². The topological polar surface area (TPSA) is 91.7 Å². The molecule has 138 valence electrons. The molecule has 1 aliphatic heterocycles. The summed E-state index contributed by atoms with van der Waals surface area (Å²) in [6.45, 7) is 7.53. The Bertz CT molecular complexity index is 626. The van der Waals surface area contributed by atoms with Crippen LogP contribution in [0, 0.1) is 5.92 Å². The fourth-order valence-electron chi connectivity index (χ4n) is 2.94. The molecule has 1 saturated heterocycles. The molecule has 2 heterocycles. The van der Waals surface area contributed by atoms with Gasteiger partial charge in [-0.25, -0.2) is 4.79 Å². The second-order valence-electron chi connectivity index (χ2n) is 7.22. The van der Waals surface area contributed by atoms with Crippen molar-refractivity contribution < 1.29 is 18.8 Å². The molecule has 1 aromatic heterocycles. The second-order valence-corrected chi connectivity index (χ2v) is 7.22. The molecule has 0 saturated carbocycles. The Morgan fingerprint density at radius 3 is 2.64 bits per heavy atom. The van der Waals surface area contributed by atoms with Gasteiger partial charge in [0, 0.05) is 6.04 Å². The van der Waals surface area contributed by atoms with Gasteiger partial charge in [0.25, 0.3) is 5.91 Å². The Hall–Kier alpha value is -2.31. The standard InChI is InChI=1S/C18H27N3O4/c1-12(2)7-5-8-13(3)19-15(22)11-21-16(23)18(4,20-17(21)24)14-9-6-10-25-14/h6,9-10,12-13H,5,7-8,11H2,1-4H3,(H,19,22)(H,20,24). The smallest absolute Gasteiger partial charge is 0.325 e. The van der Waals surface area contributed by atoms with Gasteiger partial charge in [0.1, 0.15) is 12.3 Å². The van der Waals surface area contributed by atoms with Crippen molar-refractivity contribution in [1.82, 2.24) is 15.5 Å². The Kier molecular flexibility index (Phi) is 5.87. The molecule has 2 unspecified atom stereocenters. The SMILES string of the molecule is CC(C)CCCC(C)NC(=O)CN1C(=O)NC(C)(c2ccco2)C1=O. The number of rotatable bonds is 8. The number of amides is 4. The molecule has 0 radical (unpaired) electrons. The normalized spacial score (nSPS) is 21.6. The first-order valence-corrected chi connectivity index (χ1v) is 8.71.